The maximum Gasteiger partial charge on any atom is 0.161 e. The summed E-state index contributed by atoms with van der Waals surface area (Å²) in [4.78, 5) is 16.0. The number of hydrogen-bond donors (Lipinski definition) is 0. The van der Waals surface area contributed by atoms with E-state index in [1.165, 1.54) is 19.3 Å². The van der Waals surface area contributed by atoms with Crippen LogP contribution in [0.15, 0.2) is 18.2 Å². The summed E-state index contributed by atoms with van der Waals surface area (Å²) < 4.78 is 0. The van der Waals surface area contributed by atoms with E-state index in [2.05, 4.69) is 30.9 Å². The van der Waals surface area contributed by atoms with Crippen molar-refractivity contribution >= 4 is 23.1 Å². The molecule has 0 N–H and O–H groups in total. The molecule has 1 fully saturated rings. The fourth-order valence-corrected chi connectivity index (χ4v) is 3.20. The second-order valence-electron chi connectivity index (χ2n) is 6.05. The number of likely N-dealkylation sites (N-methyl/N-ethyl adjacent to an activating group) is 2. The van der Waals surface area contributed by atoms with Crippen LogP contribution in [0.3, 0.4) is 0 Å². The van der Waals surface area contributed by atoms with E-state index in [1.54, 1.807) is 6.92 Å². The minimum Gasteiger partial charge on any atom is -0.373 e. The summed E-state index contributed by atoms with van der Waals surface area (Å²) >= 11 is 6.19. The Balaban J connectivity index is 2.15. The van der Waals surface area contributed by atoms with Gasteiger partial charge in [-0.1, -0.05) is 11.6 Å². The second kappa shape index (κ2) is 5.74. The minimum absolute atomic E-state index is 0.00737. The van der Waals surface area contributed by atoms with E-state index in [-0.39, 0.29) is 11.3 Å². The van der Waals surface area contributed by atoms with E-state index in [0.717, 1.165) is 12.2 Å². The highest BCUT2D eigenvalue weighted by Crippen LogP contribution is 2.37. The molecule has 1 aromatic rings. The first kappa shape index (κ1) is 15.3. The van der Waals surface area contributed by atoms with Crippen molar-refractivity contribution in [2.45, 2.75) is 31.7 Å². The third kappa shape index (κ3) is 2.84. The van der Waals surface area contributed by atoms with Crippen LogP contribution in [-0.2, 0) is 0 Å². The first-order valence-corrected chi connectivity index (χ1v) is 7.42. The molecular formula is C16H23ClN2O. The highest BCUT2D eigenvalue weighted by molar-refractivity contribution is 6.34. The average Bonchev–Trinajstić information content (AvgIpc) is 2.32. The van der Waals surface area contributed by atoms with Gasteiger partial charge in [-0.2, -0.15) is 0 Å². The molecule has 0 heterocycles. The summed E-state index contributed by atoms with van der Waals surface area (Å²) in [5.41, 5.74) is 1.93. The fourth-order valence-electron chi connectivity index (χ4n) is 2.89. The molecule has 0 unspecified atom stereocenters. The number of rotatable bonds is 5. The lowest BCUT2D eigenvalue weighted by atomic mass is 9.75. The van der Waals surface area contributed by atoms with Crippen molar-refractivity contribution in [2.24, 2.45) is 0 Å². The number of benzene rings is 1. The van der Waals surface area contributed by atoms with Gasteiger partial charge in [0.2, 0.25) is 0 Å². The molecule has 0 amide bonds. The van der Waals surface area contributed by atoms with Gasteiger partial charge >= 0.3 is 0 Å². The van der Waals surface area contributed by atoms with Crippen molar-refractivity contribution in [3.8, 4) is 0 Å². The van der Waals surface area contributed by atoms with Gasteiger partial charge in [-0.3, -0.25) is 4.79 Å². The summed E-state index contributed by atoms with van der Waals surface area (Å²) in [5.74, 6) is 0.00737. The van der Waals surface area contributed by atoms with Crippen LogP contribution < -0.4 is 4.90 Å². The Hall–Kier alpha value is -1.06. The van der Waals surface area contributed by atoms with Crippen LogP contribution in [-0.4, -0.2) is 43.9 Å². The SMILES string of the molecule is CC(=O)c1ccc(N(C)CC2(N(C)C)CCC2)cc1Cl. The zero-order valence-electron chi connectivity index (χ0n) is 12.7. The van der Waals surface area contributed by atoms with Gasteiger partial charge < -0.3 is 9.80 Å². The molecule has 0 atom stereocenters. The number of halogens is 1. The van der Waals surface area contributed by atoms with Crippen molar-refractivity contribution in [3.63, 3.8) is 0 Å². The first-order valence-electron chi connectivity index (χ1n) is 7.05. The van der Waals surface area contributed by atoms with E-state index in [4.69, 9.17) is 11.6 Å². The number of hydrogen-bond acceptors (Lipinski definition) is 3. The van der Waals surface area contributed by atoms with Crippen LogP contribution >= 0.6 is 11.6 Å². The summed E-state index contributed by atoms with van der Waals surface area (Å²) in [6, 6.07) is 5.69. The van der Waals surface area contributed by atoms with E-state index >= 15 is 0 Å². The molecule has 0 aromatic heterocycles. The lowest BCUT2D eigenvalue weighted by molar-refractivity contribution is 0.0683. The maximum absolute atomic E-state index is 11.4. The smallest absolute Gasteiger partial charge is 0.161 e. The van der Waals surface area contributed by atoms with Gasteiger partial charge in [0, 0.05) is 30.4 Å². The van der Waals surface area contributed by atoms with E-state index < -0.39 is 0 Å². The topological polar surface area (TPSA) is 23.6 Å². The molecule has 1 saturated carbocycles. The lowest BCUT2D eigenvalue weighted by Gasteiger charge is -2.49. The van der Waals surface area contributed by atoms with E-state index in [0.29, 0.717) is 10.6 Å². The average molecular weight is 295 g/mol. The molecule has 3 nitrogen and oxygen atoms in total. The molecular weight excluding hydrogens is 272 g/mol. The molecule has 1 aromatic carbocycles. The molecule has 1 aliphatic carbocycles. The van der Waals surface area contributed by atoms with Gasteiger partial charge in [0.05, 0.1) is 5.02 Å². The third-order valence-electron chi connectivity index (χ3n) is 4.54. The largest absolute Gasteiger partial charge is 0.373 e. The normalized spacial score (nSPS) is 16.9. The highest BCUT2D eigenvalue weighted by atomic mass is 35.5. The highest BCUT2D eigenvalue weighted by Gasteiger charge is 2.39. The number of nitrogens with zero attached hydrogens (tertiary/aromatic N) is 2. The van der Waals surface area contributed by atoms with Crippen molar-refractivity contribution in [1.29, 1.82) is 0 Å². The van der Waals surface area contributed by atoms with Crippen LogP contribution in [0, 0.1) is 0 Å². The van der Waals surface area contributed by atoms with Crippen LogP contribution in [0.5, 0.6) is 0 Å². The minimum atomic E-state index is 0.00737. The van der Waals surface area contributed by atoms with Crippen LogP contribution in [0.2, 0.25) is 5.02 Å². The summed E-state index contributed by atoms with van der Waals surface area (Å²) in [5, 5.41) is 0.536. The number of Topliss-reactive ketones (excluding diaryl/α,β-unsaturated/α-hetero) is 1. The number of carbonyl (C=O) groups excluding carboxylic acids is 1. The van der Waals surface area contributed by atoms with Crippen LogP contribution in [0.1, 0.15) is 36.5 Å². The number of ketones is 1. The monoisotopic (exact) mass is 294 g/mol. The number of anilines is 1. The van der Waals surface area contributed by atoms with Gasteiger partial charge in [0.1, 0.15) is 0 Å². The standard InChI is InChI=1S/C16H23ClN2O/c1-12(20)14-7-6-13(10-15(14)17)19(4)11-16(18(2)3)8-5-9-16/h6-7,10H,5,8-9,11H2,1-4H3. The molecule has 20 heavy (non-hydrogen) atoms. The first-order chi connectivity index (χ1) is 9.35. The molecule has 0 saturated heterocycles. The predicted octanol–water partition coefficient (Wildman–Crippen LogP) is 3.46. The molecule has 0 spiro atoms. The zero-order valence-corrected chi connectivity index (χ0v) is 13.5. The molecule has 2 rings (SSSR count). The van der Waals surface area contributed by atoms with Crippen molar-refractivity contribution in [2.75, 3.05) is 32.6 Å². The Bertz CT molecular complexity index is 509. The Kier molecular flexibility index (Phi) is 4.40. The second-order valence-corrected chi connectivity index (χ2v) is 6.46. The fraction of sp³-hybridized carbons (Fsp3) is 0.562. The molecule has 0 radical (unpaired) electrons. The Morgan fingerprint density at radius 1 is 1.30 bits per heavy atom. The van der Waals surface area contributed by atoms with Gasteiger partial charge in [-0.05, 0) is 58.5 Å². The Morgan fingerprint density at radius 2 is 1.95 bits per heavy atom. The van der Waals surface area contributed by atoms with Crippen LogP contribution in [0.25, 0.3) is 0 Å². The molecule has 0 bridgehead atoms. The van der Waals surface area contributed by atoms with Crippen molar-refractivity contribution in [3.05, 3.63) is 28.8 Å². The maximum atomic E-state index is 11.4. The molecule has 1 aliphatic rings. The summed E-state index contributed by atoms with van der Waals surface area (Å²) in [6.07, 6.45) is 3.78. The molecule has 4 heteroatoms. The van der Waals surface area contributed by atoms with Gasteiger partial charge in [-0.25, -0.2) is 0 Å². The van der Waals surface area contributed by atoms with Crippen molar-refractivity contribution < 1.29 is 4.79 Å². The lowest BCUT2D eigenvalue weighted by Crippen LogP contribution is -2.56. The zero-order chi connectivity index (χ0) is 14.9. The Labute approximate surface area is 126 Å². The van der Waals surface area contributed by atoms with E-state index in [9.17, 15) is 4.79 Å². The summed E-state index contributed by atoms with van der Waals surface area (Å²) in [7, 11) is 6.39. The predicted molar refractivity (Wildman–Crippen MR) is 85.0 cm³/mol. The molecule has 0 aliphatic heterocycles. The van der Waals surface area contributed by atoms with Gasteiger partial charge in [0.25, 0.3) is 0 Å². The van der Waals surface area contributed by atoms with Gasteiger partial charge in [0.15, 0.2) is 5.78 Å². The summed E-state index contributed by atoms with van der Waals surface area (Å²) in [6.45, 7) is 2.52. The van der Waals surface area contributed by atoms with Crippen LogP contribution in [0.4, 0.5) is 5.69 Å². The third-order valence-corrected chi connectivity index (χ3v) is 4.85. The van der Waals surface area contributed by atoms with Crippen molar-refractivity contribution in [1.82, 2.24) is 4.90 Å². The number of carbonyl (C=O) groups is 1. The van der Waals surface area contributed by atoms with E-state index in [1.807, 2.05) is 18.2 Å². The van der Waals surface area contributed by atoms with Gasteiger partial charge in [-0.15, -0.1) is 0 Å². The Morgan fingerprint density at radius 3 is 2.35 bits per heavy atom. The molecule has 110 valence electrons. The quantitative estimate of drug-likeness (QED) is 0.777.